The quantitative estimate of drug-likeness (QED) is 0.558. The Hall–Kier alpha value is -1.24. The van der Waals surface area contributed by atoms with Gasteiger partial charge in [0.2, 0.25) is 0 Å². The highest BCUT2D eigenvalue weighted by molar-refractivity contribution is 6.83. The first kappa shape index (κ1) is 13.7. The molecule has 0 spiro atoms. The Bertz CT molecular complexity index is 740. The largest absolute Gasteiger partial charge is 0.325 e. The van der Waals surface area contributed by atoms with E-state index in [4.69, 9.17) is 11.6 Å². The van der Waals surface area contributed by atoms with Crippen LogP contribution >= 0.6 is 11.6 Å². The molecule has 1 aromatic carbocycles. The van der Waals surface area contributed by atoms with E-state index in [1.54, 1.807) is 0 Å². The summed E-state index contributed by atoms with van der Waals surface area (Å²) in [5.41, 5.74) is 6.43. The van der Waals surface area contributed by atoms with Gasteiger partial charge in [-0.15, -0.1) is 5.54 Å². The Balaban J connectivity index is 2.12. The summed E-state index contributed by atoms with van der Waals surface area (Å²) in [5.74, 6) is 4.33. The van der Waals surface area contributed by atoms with E-state index in [-0.39, 0.29) is 0 Å². The second-order valence-electron chi connectivity index (χ2n) is 6.58. The maximum Gasteiger partial charge on any atom is 0.129 e. The van der Waals surface area contributed by atoms with Crippen LogP contribution in [0.3, 0.4) is 0 Å². The minimum atomic E-state index is -1.39. The number of imidazole rings is 1. The molecule has 1 aliphatic rings. The van der Waals surface area contributed by atoms with Gasteiger partial charge in [0, 0.05) is 11.6 Å². The smallest absolute Gasteiger partial charge is 0.129 e. The zero-order valence-corrected chi connectivity index (χ0v) is 14.2. The van der Waals surface area contributed by atoms with Crippen molar-refractivity contribution in [3.05, 3.63) is 28.5 Å². The van der Waals surface area contributed by atoms with Gasteiger partial charge in [0.15, 0.2) is 0 Å². The molecule has 104 valence electrons. The SMILES string of the molecule is Cc1nc2cc(C#C[Si](C)(C)C)c(Cl)cc2n1C1CC1. The van der Waals surface area contributed by atoms with Crippen molar-refractivity contribution in [2.75, 3.05) is 0 Å². The van der Waals surface area contributed by atoms with Crippen molar-refractivity contribution >= 4 is 30.7 Å². The predicted octanol–water partition coefficient (Wildman–Crippen LogP) is 4.56. The molecule has 3 rings (SSSR count). The van der Waals surface area contributed by atoms with E-state index in [9.17, 15) is 0 Å². The molecule has 0 radical (unpaired) electrons. The molecule has 0 bridgehead atoms. The Morgan fingerprint density at radius 1 is 1.30 bits per heavy atom. The second kappa shape index (κ2) is 4.65. The Morgan fingerprint density at radius 2 is 2.00 bits per heavy atom. The van der Waals surface area contributed by atoms with Gasteiger partial charge < -0.3 is 4.57 Å². The van der Waals surface area contributed by atoms with Crippen molar-refractivity contribution in [2.45, 2.75) is 45.4 Å². The van der Waals surface area contributed by atoms with Gasteiger partial charge in [0.1, 0.15) is 13.9 Å². The van der Waals surface area contributed by atoms with E-state index in [1.165, 1.54) is 12.8 Å². The minimum Gasteiger partial charge on any atom is -0.325 e. The molecular weight excluding hydrogens is 284 g/mol. The summed E-state index contributed by atoms with van der Waals surface area (Å²) >= 11 is 6.41. The van der Waals surface area contributed by atoms with Crippen molar-refractivity contribution < 1.29 is 0 Å². The van der Waals surface area contributed by atoms with Crippen LogP contribution in [0.5, 0.6) is 0 Å². The van der Waals surface area contributed by atoms with Crippen LogP contribution in [0.2, 0.25) is 24.7 Å². The first-order valence-electron chi connectivity index (χ1n) is 7.06. The summed E-state index contributed by atoms with van der Waals surface area (Å²) in [6.45, 7) is 8.77. The lowest BCUT2D eigenvalue weighted by atomic mass is 10.2. The van der Waals surface area contributed by atoms with Gasteiger partial charge in [-0.25, -0.2) is 4.98 Å². The van der Waals surface area contributed by atoms with Gasteiger partial charge in [0.25, 0.3) is 0 Å². The lowest BCUT2D eigenvalue weighted by Crippen LogP contribution is -2.16. The van der Waals surface area contributed by atoms with Crippen LogP contribution in [0.25, 0.3) is 11.0 Å². The van der Waals surface area contributed by atoms with Gasteiger partial charge in [-0.1, -0.05) is 37.2 Å². The monoisotopic (exact) mass is 302 g/mol. The molecule has 0 amide bonds. The summed E-state index contributed by atoms with van der Waals surface area (Å²) in [7, 11) is -1.39. The second-order valence-corrected chi connectivity index (χ2v) is 11.7. The highest BCUT2D eigenvalue weighted by atomic mass is 35.5. The van der Waals surface area contributed by atoms with Crippen LogP contribution in [0.4, 0.5) is 0 Å². The number of fused-ring (bicyclic) bond motifs is 1. The number of hydrogen-bond donors (Lipinski definition) is 0. The molecule has 0 atom stereocenters. The van der Waals surface area contributed by atoms with Crippen molar-refractivity contribution in [1.82, 2.24) is 9.55 Å². The molecule has 2 nitrogen and oxygen atoms in total. The highest BCUT2D eigenvalue weighted by Crippen LogP contribution is 2.39. The first-order valence-corrected chi connectivity index (χ1v) is 10.9. The van der Waals surface area contributed by atoms with E-state index < -0.39 is 8.07 Å². The van der Waals surface area contributed by atoms with Gasteiger partial charge in [0.05, 0.1) is 16.1 Å². The van der Waals surface area contributed by atoms with Crippen molar-refractivity contribution in [2.24, 2.45) is 0 Å². The molecule has 1 aliphatic carbocycles. The third-order valence-electron chi connectivity index (χ3n) is 3.44. The predicted molar refractivity (Wildman–Crippen MR) is 88.0 cm³/mol. The molecule has 1 aromatic heterocycles. The van der Waals surface area contributed by atoms with Crippen LogP contribution in [0.15, 0.2) is 12.1 Å². The van der Waals surface area contributed by atoms with Crippen molar-refractivity contribution in [3.8, 4) is 11.5 Å². The summed E-state index contributed by atoms with van der Waals surface area (Å²) in [4.78, 5) is 4.67. The summed E-state index contributed by atoms with van der Waals surface area (Å²) < 4.78 is 2.32. The fourth-order valence-electron chi connectivity index (χ4n) is 2.38. The molecule has 0 aliphatic heterocycles. The first-order chi connectivity index (χ1) is 9.35. The van der Waals surface area contributed by atoms with E-state index in [2.05, 4.69) is 47.6 Å². The van der Waals surface area contributed by atoms with E-state index in [0.29, 0.717) is 6.04 Å². The fourth-order valence-corrected chi connectivity index (χ4v) is 3.10. The Morgan fingerprint density at radius 3 is 2.60 bits per heavy atom. The van der Waals surface area contributed by atoms with Crippen molar-refractivity contribution in [1.29, 1.82) is 0 Å². The molecule has 0 N–H and O–H groups in total. The number of hydrogen-bond acceptors (Lipinski definition) is 1. The van der Waals surface area contributed by atoms with Gasteiger partial charge in [-0.3, -0.25) is 0 Å². The summed E-state index contributed by atoms with van der Waals surface area (Å²) in [5, 5.41) is 0.741. The van der Waals surface area contributed by atoms with Crippen LogP contribution < -0.4 is 0 Å². The molecule has 1 fully saturated rings. The molecule has 0 unspecified atom stereocenters. The highest BCUT2D eigenvalue weighted by Gasteiger charge is 2.27. The summed E-state index contributed by atoms with van der Waals surface area (Å²) in [6.07, 6.45) is 2.50. The van der Waals surface area contributed by atoms with Crippen LogP contribution in [0, 0.1) is 18.4 Å². The van der Waals surface area contributed by atoms with Crippen LogP contribution in [-0.4, -0.2) is 17.6 Å². The van der Waals surface area contributed by atoms with Crippen LogP contribution in [-0.2, 0) is 0 Å². The normalized spacial score (nSPS) is 15.2. The Kier molecular flexibility index (Phi) is 3.19. The van der Waals surface area contributed by atoms with E-state index in [0.717, 1.165) is 27.4 Å². The molecule has 1 saturated carbocycles. The third kappa shape index (κ3) is 2.63. The fraction of sp³-hybridized carbons (Fsp3) is 0.438. The molecule has 20 heavy (non-hydrogen) atoms. The van der Waals surface area contributed by atoms with E-state index in [1.807, 2.05) is 12.1 Å². The minimum absolute atomic E-state index is 0.620. The molecule has 2 aromatic rings. The zero-order chi connectivity index (χ0) is 14.5. The number of aryl methyl sites for hydroxylation is 1. The number of nitrogens with zero attached hydrogens (tertiary/aromatic N) is 2. The number of rotatable bonds is 1. The average molecular weight is 303 g/mol. The maximum absolute atomic E-state index is 6.41. The molecule has 4 heteroatoms. The number of halogens is 1. The maximum atomic E-state index is 6.41. The molecule has 1 heterocycles. The molecular formula is C16H19ClN2Si. The van der Waals surface area contributed by atoms with Crippen LogP contribution in [0.1, 0.15) is 30.3 Å². The average Bonchev–Trinajstić information content (AvgIpc) is 3.10. The van der Waals surface area contributed by atoms with Gasteiger partial charge in [-0.2, -0.15) is 0 Å². The zero-order valence-electron chi connectivity index (χ0n) is 12.4. The molecule has 0 saturated heterocycles. The van der Waals surface area contributed by atoms with E-state index >= 15 is 0 Å². The van der Waals surface area contributed by atoms with Crippen molar-refractivity contribution in [3.63, 3.8) is 0 Å². The topological polar surface area (TPSA) is 17.8 Å². The van der Waals surface area contributed by atoms with Gasteiger partial charge in [-0.05, 0) is 31.9 Å². The third-order valence-corrected chi connectivity index (χ3v) is 4.63. The van der Waals surface area contributed by atoms with Gasteiger partial charge >= 0.3 is 0 Å². The lowest BCUT2D eigenvalue weighted by molar-refractivity contribution is 0.734. The standard InChI is InChI=1S/C16H19ClN2Si/c1-11-18-15-9-12(7-8-20(2,3)4)14(17)10-16(15)19(11)13-5-6-13/h9-10,13H,5-6H2,1-4H3. The summed E-state index contributed by atoms with van der Waals surface area (Å²) in [6, 6.07) is 4.69. The number of benzene rings is 1. The number of aromatic nitrogens is 2. The lowest BCUT2D eigenvalue weighted by Gasteiger charge is -2.06. The Labute approximate surface area is 126 Å².